The minimum atomic E-state index is -0.573. The Morgan fingerprint density at radius 2 is 1.95 bits per heavy atom. The van der Waals surface area contributed by atoms with Gasteiger partial charge in [-0.2, -0.15) is 0 Å². The average Bonchev–Trinajstić information content (AvgIpc) is 2.38. The molecule has 1 atom stereocenters. The second-order valence-electron chi connectivity index (χ2n) is 4.81. The van der Waals surface area contributed by atoms with Crippen LogP contribution in [0.5, 0.6) is 5.75 Å². The van der Waals surface area contributed by atoms with Crippen molar-refractivity contribution in [2.75, 3.05) is 5.32 Å². The molecule has 0 aliphatic heterocycles. The third kappa shape index (κ3) is 3.82. The topological polar surface area (TPSA) is 51.2 Å². The van der Waals surface area contributed by atoms with Crippen molar-refractivity contribution >= 4 is 11.6 Å². The molecule has 0 aliphatic carbocycles. The number of hydrogen-bond donors (Lipinski definition) is 1. The molecule has 20 heavy (non-hydrogen) atoms. The Bertz CT molecular complexity index is 576. The highest BCUT2D eigenvalue weighted by Crippen LogP contribution is 2.18. The molecule has 1 aromatic heterocycles. The number of anilines is 1. The Labute approximate surface area is 118 Å². The van der Waals surface area contributed by atoms with Gasteiger partial charge in [0.1, 0.15) is 5.75 Å². The van der Waals surface area contributed by atoms with Crippen molar-refractivity contribution in [2.45, 2.75) is 26.9 Å². The van der Waals surface area contributed by atoms with Crippen molar-refractivity contribution in [1.82, 2.24) is 4.98 Å². The van der Waals surface area contributed by atoms with E-state index in [1.54, 1.807) is 31.5 Å². The minimum Gasteiger partial charge on any atom is -0.481 e. The van der Waals surface area contributed by atoms with Gasteiger partial charge in [-0.05, 0) is 56.2 Å². The van der Waals surface area contributed by atoms with Gasteiger partial charge in [-0.1, -0.05) is 6.07 Å². The summed E-state index contributed by atoms with van der Waals surface area (Å²) >= 11 is 0. The Morgan fingerprint density at radius 3 is 2.55 bits per heavy atom. The molecule has 1 aromatic carbocycles. The second-order valence-corrected chi connectivity index (χ2v) is 4.81. The van der Waals surface area contributed by atoms with Gasteiger partial charge in [0, 0.05) is 6.20 Å². The van der Waals surface area contributed by atoms with Crippen molar-refractivity contribution in [3.63, 3.8) is 0 Å². The van der Waals surface area contributed by atoms with Crippen molar-refractivity contribution in [3.05, 3.63) is 53.9 Å². The maximum atomic E-state index is 12.0. The second kappa shape index (κ2) is 6.19. The van der Waals surface area contributed by atoms with Crippen LogP contribution in [0.4, 0.5) is 5.69 Å². The highest BCUT2D eigenvalue weighted by Gasteiger charge is 2.15. The third-order valence-electron chi connectivity index (χ3n) is 2.81. The largest absolute Gasteiger partial charge is 0.481 e. The highest BCUT2D eigenvalue weighted by molar-refractivity contribution is 5.93. The lowest BCUT2D eigenvalue weighted by Gasteiger charge is -2.15. The molecule has 0 spiro atoms. The van der Waals surface area contributed by atoms with Gasteiger partial charge in [0.15, 0.2) is 6.10 Å². The van der Waals surface area contributed by atoms with E-state index < -0.39 is 6.10 Å². The van der Waals surface area contributed by atoms with Gasteiger partial charge in [0.2, 0.25) is 0 Å². The van der Waals surface area contributed by atoms with E-state index in [0.29, 0.717) is 11.4 Å². The maximum Gasteiger partial charge on any atom is 0.265 e. The summed E-state index contributed by atoms with van der Waals surface area (Å²) in [7, 11) is 0. The number of nitrogens with zero attached hydrogens (tertiary/aromatic N) is 1. The average molecular weight is 270 g/mol. The molecule has 0 aliphatic rings. The molecule has 2 aromatic rings. The van der Waals surface area contributed by atoms with Crippen LogP contribution in [0.1, 0.15) is 18.1 Å². The zero-order valence-corrected chi connectivity index (χ0v) is 11.9. The monoisotopic (exact) mass is 270 g/mol. The number of amides is 1. The van der Waals surface area contributed by atoms with Crippen LogP contribution in [0.3, 0.4) is 0 Å². The van der Waals surface area contributed by atoms with Crippen molar-refractivity contribution in [3.8, 4) is 5.75 Å². The Hall–Kier alpha value is -2.36. The molecule has 0 bridgehead atoms. The molecule has 1 heterocycles. The van der Waals surface area contributed by atoms with Gasteiger partial charge in [-0.3, -0.25) is 9.78 Å². The normalized spacial score (nSPS) is 11.8. The first-order chi connectivity index (χ1) is 9.54. The van der Waals surface area contributed by atoms with E-state index in [-0.39, 0.29) is 5.91 Å². The van der Waals surface area contributed by atoms with Crippen LogP contribution in [0.2, 0.25) is 0 Å². The van der Waals surface area contributed by atoms with Crippen LogP contribution in [0.25, 0.3) is 0 Å². The standard InChI is InChI=1S/C16H18N2O2/c1-11-7-12(2)9-15(8-11)20-13(3)16(19)18-14-5-4-6-17-10-14/h4-10,13H,1-3H3,(H,18,19)/t13-/m1/s1. The summed E-state index contributed by atoms with van der Waals surface area (Å²) in [6.45, 7) is 5.73. The molecule has 4 heteroatoms. The molecular formula is C16H18N2O2. The summed E-state index contributed by atoms with van der Waals surface area (Å²) in [4.78, 5) is 16.0. The maximum absolute atomic E-state index is 12.0. The molecule has 104 valence electrons. The predicted octanol–water partition coefficient (Wildman–Crippen LogP) is 3.10. The van der Waals surface area contributed by atoms with Gasteiger partial charge in [-0.25, -0.2) is 0 Å². The predicted molar refractivity (Wildman–Crippen MR) is 78.9 cm³/mol. The Kier molecular flexibility index (Phi) is 4.35. The summed E-state index contributed by atoms with van der Waals surface area (Å²) < 4.78 is 5.68. The van der Waals surface area contributed by atoms with Crippen molar-refractivity contribution < 1.29 is 9.53 Å². The van der Waals surface area contributed by atoms with E-state index in [2.05, 4.69) is 16.4 Å². The van der Waals surface area contributed by atoms with Crippen LogP contribution in [-0.2, 0) is 4.79 Å². The molecule has 1 N–H and O–H groups in total. The quantitative estimate of drug-likeness (QED) is 0.928. The summed E-state index contributed by atoms with van der Waals surface area (Å²) in [5.41, 5.74) is 2.88. The third-order valence-corrected chi connectivity index (χ3v) is 2.81. The van der Waals surface area contributed by atoms with E-state index in [1.807, 2.05) is 26.0 Å². The van der Waals surface area contributed by atoms with Crippen molar-refractivity contribution in [2.24, 2.45) is 0 Å². The number of hydrogen-bond acceptors (Lipinski definition) is 3. The van der Waals surface area contributed by atoms with Crippen LogP contribution in [-0.4, -0.2) is 17.0 Å². The fourth-order valence-electron chi connectivity index (χ4n) is 1.94. The molecule has 2 rings (SSSR count). The van der Waals surface area contributed by atoms with Crippen LogP contribution >= 0.6 is 0 Å². The van der Waals surface area contributed by atoms with E-state index in [4.69, 9.17) is 4.74 Å². The zero-order valence-electron chi connectivity index (χ0n) is 11.9. The lowest BCUT2D eigenvalue weighted by molar-refractivity contribution is -0.122. The first kappa shape index (κ1) is 14.1. The molecule has 0 fully saturated rings. The first-order valence-corrected chi connectivity index (χ1v) is 6.50. The molecule has 1 amide bonds. The van der Waals surface area contributed by atoms with Crippen LogP contribution in [0, 0.1) is 13.8 Å². The molecule has 0 saturated carbocycles. The smallest absolute Gasteiger partial charge is 0.265 e. The Morgan fingerprint density at radius 1 is 1.25 bits per heavy atom. The van der Waals surface area contributed by atoms with Gasteiger partial charge in [0.25, 0.3) is 5.91 Å². The van der Waals surface area contributed by atoms with Crippen molar-refractivity contribution in [1.29, 1.82) is 0 Å². The molecule has 0 unspecified atom stereocenters. The zero-order chi connectivity index (χ0) is 14.5. The number of benzene rings is 1. The van der Waals surface area contributed by atoms with Gasteiger partial charge in [0.05, 0.1) is 11.9 Å². The fraction of sp³-hybridized carbons (Fsp3) is 0.250. The number of carbonyl (C=O) groups excluding carboxylic acids is 1. The first-order valence-electron chi connectivity index (χ1n) is 6.50. The summed E-state index contributed by atoms with van der Waals surface area (Å²) in [5.74, 6) is 0.508. The summed E-state index contributed by atoms with van der Waals surface area (Å²) in [5, 5.41) is 2.76. The lowest BCUT2D eigenvalue weighted by atomic mass is 10.1. The molecule has 0 radical (unpaired) electrons. The number of carbonyl (C=O) groups is 1. The molecule has 0 saturated heterocycles. The number of aromatic nitrogens is 1. The van der Waals surface area contributed by atoms with Gasteiger partial charge < -0.3 is 10.1 Å². The van der Waals surface area contributed by atoms with E-state index >= 15 is 0 Å². The number of nitrogens with one attached hydrogen (secondary N) is 1. The highest BCUT2D eigenvalue weighted by atomic mass is 16.5. The SMILES string of the molecule is Cc1cc(C)cc(O[C@H](C)C(=O)Nc2cccnc2)c1. The fourth-order valence-corrected chi connectivity index (χ4v) is 1.94. The van der Waals surface area contributed by atoms with E-state index in [9.17, 15) is 4.79 Å². The van der Waals surface area contributed by atoms with E-state index in [0.717, 1.165) is 11.1 Å². The summed E-state index contributed by atoms with van der Waals surface area (Å²) in [6.07, 6.45) is 2.68. The van der Waals surface area contributed by atoms with Gasteiger partial charge in [-0.15, -0.1) is 0 Å². The molecule has 4 nitrogen and oxygen atoms in total. The number of rotatable bonds is 4. The van der Waals surface area contributed by atoms with E-state index in [1.165, 1.54) is 0 Å². The Balaban J connectivity index is 2.00. The number of ether oxygens (including phenoxy) is 1. The molecular weight excluding hydrogens is 252 g/mol. The lowest BCUT2D eigenvalue weighted by Crippen LogP contribution is -2.30. The van der Waals surface area contributed by atoms with Gasteiger partial charge >= 0.3 is 0 Å². The summed E-state index contributed by atoms with van der Waals surface area (Å²) in [6, 6.07) is 9.45. The number of aryl methyl sites for hydroxylation is 2. The van der Waals surface area contributed by atoms with Crippen LogP contribution in [0.15, 0.2) is 42.7 Å². The van der Waals surface area contributed by atoms with Crippen LogP contribution < -0.4 is 10.1 Å². The number of pyridine rings is 1. The minimum absolute atomic E-state index is 0.197.